The van der Waals surface area contributed by atoms with Gasteiger partial charge >= 0.3 is 6.03 Å². The van der Waals surface area contributed by atoms with E-state index in [1.807, 2.05) is 54.6 Å². The fourth-order valence-corrected chi connectivity index (χ4v) is 3.79. The molecule has 0 unspecified atom stereocenters. The topological polar surface area (TPSA) is 60.5 Å². The molecule has 31 heavy (non-hydrogen) atoms. The quantitative estimate of drug-likeness (QED) is 0.586. The third-order valence-corrected chi connectivity index (χ3v) is 5.52. The number of hydrogen-bond acceptors (Lipinski definition) is 4. The summed E-state index contributed by atoms with van der Waals surface area (Å²) in [5.41, 5.74) is 2.69. The number of nitrogens with one attached hydrogen (secondary N) is 2. The first-order chi connectivity index (χ1) is 15.2. The zero-order chi connectivity index (χ0) is 21.5. The van der Waals surface area contributed by atoms with E-state index in [-0.39, 0.29) is 6.03 Å². The van der Waals surface area contributed by atoms with E-state index in [0.717, 1.165) is 55.7 Å². The van der Waals surface area contributed by atoms with E-state index in [1.54, 1.807) is 6.20 Å². The number of carbonyl (C=O) groups is 1. The number of rotatable bonds is 5. The second-order valence-corrected chi connectivity index (χ2v) is 8.03. The Bertz CT molecular complexity index is 979. The first-order valence-corrected chi connectivity index (χ1v) is 10.8. The number of nitrogens with zero attached hydrogens (tertiary/aromatic N) is 3. The third kappa shape index (κ3) is 6.20. The number of benzene rings is 2. The molecule has 2 heterocycles. The number of halogens is 1. The number of pyridine rings is 1. The van der Waals surface area contributed by atoms with Crippen LogP contribution in [-0.2, 0) is 6.54 Å². The average Bonchev–Trinajstić information content (AvgIpc) is 3.02. The van der Waals surface area contributed by atoms with Gasteiger partial charge in [-0.05, 0) is 48.4 Å². The van der Waals surface area contributed by atoms with Crippen LogP contribution in [0.5, 0.6) is 0 Å². The van der Waals surface area contributed by atoms with Crippen molar-refractivity contribution < 1.29 is 4.79 Å². The summed E-state index contributed by atoms with van der Waals surface area (Å²) < 4.78 is 0. The Morgan fingerprint density at radius 3 is 2.39 bits per heavy atom. The number of anilines is 3. The molecule has 4 rings (SSSR count). The number of urea groups is 1. The summed E-state index contributed by atoms with van der Waals surface area (Å²) in [6, 6.07) is 21.0. The summed E-state index contributed by atoms with van der Waals surface area (Å²) in [5.74, 6) is 0.933. The maximum atomic E-state index is 12.1. The minimum atomic E-state index is -0.284. The molecular weight excluding hydrogens is 410 g/mol. The Morgan fingerprint density at radius 2 is 1.65 bits per heavy atom. The highest BCUT2D eigenvalue weighted by Gasteiger charge is 2.16. The molecule has 0 saturated carbocycles. The maximum absolute atomic E-state index is 12.1. The van der Waals surface area contributed by atoms with Crippen molar-refractivity contribution in [1.29, 1.82) is 0 Å². The van der Waals surface area contributed by atoms with Gasteiger partial charge < -0.3 is 15.5 Å². The molecule has 7 heteroatoms. The number of hydrogen-bond donors (Lipinski definition) is 2. The van der Waals surface area contributed by atoms with E-state index >= 15 is 0 Å². The van der Waals surface area contributed by atoms with Crippen LogP contribution in [0.25, 0.3) is 0 Å². The highest BCUT2D eigenvalue weighted by molar-refractivity contribution is 6.30. The number of carbonyl (C=O) groups excluding carboxylic acids is 1. The molecule has 2 aromatic carbocycles. The van der Waals surface area contributed by atoms with Gasteiger partial charge in [0.2, 0.25) is 0 Å². The highest BCUT2D eigenvalue weighted by atomic mass is 35.5. The molecule has 0 aliphatic carbocycles. The number of amides is 2. The fourth-order valence-electron chi connectivity index (χ4n) is 3.67. The van der Waals surface area contributed by atoms with Crippen LogP contribution in [0.1, 0.15) is 12.0 Å². The van der Waals surface area contributed by atoms with Gasteiger partial charge in [-0.25, -0.2) is 9.78 Å². The molecule has 1 aromatic heterocycles. The lowest BCUT2D eigenvalue weighted by Crippen LogP contribution is -2.31. The summed E-state index contributed by atoms with van der Waals surface area (Å²) in [4.78, 5) is 21.5. The molecule has 2 N–H and O–H groups in total. The van der Waals surface area contributed by atoms with Crippen LogP contribution in [0.2, 0.25) is 5.02 Å². The average molecular weight is 436 g/mol. The molecule has 0 atom stereocenters. The van der Waals surface area contributed by atoms with E-state index < -0.39 is 0 Å². The zero-order valence-corrected chi connectivity index (χ0v) is 18.1. The zero-order valence-electron chi connectivity index (χ0n) is 17.3. The summed E-state index contributed by atoms with van der Waals surface area (Å²) in [6.07, 6.45) is 2.78. The van der Waals surface area contributed by atoms with Crippen LogP contribution in [0.3, 0.4) is 0 Å². The lowest BCUT2D eigenvalue weighted by Gasteiger charge is -2.23. The molecule has 6 nitrogen and oxygen atoms in total. The van der Waals surface area contributed by atoms with E-state index in [9.17, 15) is 4.79 Å². The molecule has 2 amide bonds. The van der Waals surface area contributed by atoms with Crippen molar-refractivity contribution in [2.45, 2.75) is 13.0 Å². The van der Waals surface area contributed by atoms with E-state index in [2.05, 4.69) is 37.6 Å². The molecule has 1 aliphatic rings. The lowest BCUT2D eigenvalue weighted by molar-refractivity contribution is 0.262. The van der Waals surface area contributed by atoms with Crippen LogP contribution in [-0.4, -0.2) is 42.1 Å². The highest BCUT2D eigenvalue weighted by Crippen LogP contribution is 2.18. The van der Waals surface area contributed by atoms with Crippen molar-refractivity contribution in [2.75, 3.05) is 41.7 Å². The molecular formula is C24H26ClN5O. The Kier molecular flexibility index (Phi) is 7.02. The van der Waals surface area contributed by atoms with Crippen LogP contribution < -0.4 is 15.5 Å². The molecule has 1 saturated heterocycles. The summed E-state index contributed by atoms with van der Waals surface area (Å²) in [5, 5.41) is 6.40. The Hall–Kier alpha value is -3.09. The minimum absolute atomic E-state index is 0.284. The number of aromatic nitrogens is 1. The third-order valence-electron chi connectivity index (χ3n) is 5.27. The summed E-state index contributed by atoms with van der Waals surface area (Å²) in [7, 11) is 0. The van der Waals surface area contributed by atoms with Gasteiger partial charge in [-0.2, -0.15) is 0 Å². The Labute approximate surface area is 187 Å². The van der Waals surface area contributed by atoms with Gasteiger partial charge in [0.1, 0.15) is 5.82 Å². The maximum Gasteiger partial charge on any atom is 0.323 e. The monoisotopic (exact) mass is 435 g/mol. The van der Waals surface area contributed by atoms with E-state index in [4.69, 9.17) is 11.6 Å². The van der Waals surface area contributed by atoms with Crippen LogP contribution >= 0.6 is 11.6 Å². The van der Waals surface area contributed by atoms with Gasteiger partial charge in [-0.3, -0.25) is 4.90 Å². The normalized spacial score (nSPS) is 14.7. The van der Waals surface area contributed by atoms with Crippen LogP contribution in [0, 0.1) is 0 Å². The van der Waals surface area contributed by atoms with Gasteiger partial charge in [-0.15, -0.1) is 0 Å². The molecule has 0 radical (unpaired) electrons. The Balaban J connectivity index is 1.29. The van der Waals surface area contributed by atoms with Gasteiger partial charge in [0.25, 0.3) is 0 Å². The predicted molar refractivity (Wildman–Crippen MR) is 127 cm³/mol. The molecule has 3 aromatic rings. The largest absolute Gasteiger partial charge is 0.355 e. The summed E-state index contributed by atoms with van der Waals surface area (Å²) in [6.45, 7) is 4.84. The lowest BCUT2D eigenvalue weighted by atomic mass is 10.2. The minimum Gasteiger partial charge on any atom is -0.355 e. The molecule has 1 aliphatic heterocycles. The molecule has 160 valence electrons. The Morgan fingerprint density at radius 1 is 0.871 bits per heavy atom. The first kappa shape index (κ1) is 21.2. The predicted octanol–water partition coefficient (Wildman–Crippen LogP) is 5.09. The van der Waals surface area contributed by atoms with Crippen molar-refractivity contribution >= 4 is 34.8 Å². The second-order valence-electron chi connectivity index (χ2n) is 7.59. The van der Waals surface area contributed by atoms with Crippen LogP contribution in [0.15, 0.2) is 72.9 Å². The molecule has 0 bridgehead atoms. The standard InChI is InChI=1S/C24H26ClN5O/c25-20-9-7-19(8-10-20)18-29-13-4-14-30(16-15-29)23-12-11-22(17-26-23)28-24(31)27-21-5-2-1-3-6-21/h1-3,5-12,17H,4,13-16,18H2,(H2,27,28,31). The SMILES string of the molecule is O=C(Nc1ccccc1)Nc1ccc(N2CCCN(Cc3ccc(Cl)cc3)CC2)nc1. The van der Waals surface area contributed by atoms with Crippen LogP contribution in [0.4, 0.5) is 22.0 Å². The first-order valence-electron chi connectivity index (χ1n) is 10.5. The van der Waals surface area contributed by atoms with Crippen molar-refractivity contribution in [2.24, 2.45) is 0 Å². The van der Waals surface area contributed by atoms with Crippen molar-refractivity contribution in [1.82, 2.24) is 9.88 Å². The smallest absolute Gasteiger partial charge is 0.323 e. The van der Waals surface area contributed by atoms with Gasteiger partial charge in [0, 0.05) is 43.4 Å². The molecule has 0 spiro atoms. The fraction of sp³-hybridized carbons (Fsp3) is 0.250. The van der Waals surface area contributed by atoms with Gasteiger partial charge in [0.05, 0.1) is 11.9 Å². The summed E-state index contributed by atoms with van der Waals surface area (Å²) >= 11 is 5.99. The van der Waals surface area contributed by atoms with E-state index in [1.165, 1.54) is 5.56 Å². The second kappa shape index (κ2) is 10.3. The van der Waals surface area contributed by atoms with Crippen molar-refractivity contribution in [3.05, 3.63) is 83.5 Å². The number of para-hydroxylation sites is 1. The molecule has 1 fully saturated rings. The van der Waals surface area contributed by atoms with E-state index in [0.29, 0.717) is 5.69 Å². The van der Waals surface area contributed by atoms with Gasteiger partial charge in [0.15, 0.2) is 0 Å². The van der Waals surface area contributed by atoms with Crippen molar-refractivity contribution in [3.8, 4) is 0 Å². The van der Waals surface area contributed by atoms with Gasteiger partial charge in [-0.1, -0.05) is 41.9 Å². The van der Waals surface area contributed by atoms with Crippen molar-refractivity contribution in [3.63, 3.8) is 0 Å².